The number of hydrogen-bond acceptors (Lipinski definition) is 7. The average molecular weight is 311 g/mol. The fourth-order valence-corrected chi connectivity index (χ4v) is 3.46. The van der Waals surface area contributed by atoms with Gasteiger partial charge >= 0.3 is 0 Å². The number of carbonyl (C=O) groups is 1. The number of anilines is 2. The molecule has 1 amide bonds. The standard InChI is InChI=1S/C13H21N5O2S/c1-17-3-5-18(6-4-17)13-16-11(14)10(21-13)12(19)15-9-2-7-20-8-9/h9H,2-8,14H2,1H3,(H,15,19). The zero-order chi connectivity index (χ0) is 14.8. The summed E-state index contributed by atoms with van der Waals surface area (Å²) in [5.74, 6) is 0.186. The number of nitrogens with two attached hydrogens (primary N) is 1. The third-order valence-electron chi connectivity index (χ3n) is 3.89. The molecule has 0 aliphatic carbocycles. The Hall–Kier alpha value is -1.38. The van der Waals surface area contributed by atoms with E-state index >= 15 is 0 Å². The van der Waals surface area contributed by atoms with Crippen molar-refractivity contribution in [2.24, 2.45) is 0 Å². The van der Waals surface area contributed by atoms with E-state index in [1.165, 1.54) is 11.3 Å². The maximum atomic E-state index is 12.3. The number of nitrogens with zero attached hydrogens (tertiary/aromatic N) is 3. The predicted octanol–water partition coefficient (Wildman–Crippen LogP) is -0.00420. The molecule has 1 aromatic rings. The third kappa shape index (κ3) is 3.28. The monoisotopic (exact) mass is 311 g/mol. The summed E-state index contributed by atoms with van der Waals surface area (Å²) in [5, 5.41) is 3.80. The topological polar surface area (TPSA) is 83.7 Å². The molecule has 0 radical (unpaired) electrons. The maximum absolute atomic E-state index is 12.3. The summed E-state index contributed by atoms with van der Waals surface area (Å²) in [6, 6.07) is 0.0890. The van der Waals surface area contributed by atoms with Gasteiger partial charge in [-0.05, 0) is 13.5 Å². The van der Waals surface area contributed by atoms with Crippen molar-refractivity contribution >= 4 is 28.2 Å². The van der Waals surface area contributed by atoms with Crippen LogP contribution in [0.15, 0.2) is 0 Å². The molecule has 0 saturated carbocycles. The number of likely N-dealkylation sites (N-methyl/N-ethyl adjacent to an activating group) is 1. The van der Waals surface area contributed by atoms with Gasteiger partial charge in [-0.1, -0.05) is 11.3 Å². The van der Waals surface area contributed by atoms with Gasteiger partial charge in [0, 0.05) is 32.8 Å². The van der Waals surface area contributed by atoms with Crippen LogP contribution in [0.25, 0.3) is 0 Å². The first-order chi connectivity index (χ1) is 10.1. The van der Waals surface area contributed by atoms with E-state index < -0.39 is 0 Å². The molecule has 2 saturated heterocycles. The molecule has 8 heteroatoms. The average Bonchev–Trinajstić information content (AvgIpc) is 3.09. The van der Waals surface area contributed by atoms with Gasteiger partial charge in [0.1, 0.15) is 10.7 Å². The van der Waals surface area contributed by atoms with Crippen LogP contribution in [-0.2, 0) is 4.74 Å². The van der Waals surface area contributed by atoms with E-state index in [9.17, 15) is 4.79 Å². The highest BCUT2D eigenvalue weighted by atomic mass is 32.1. The molecule has 21 heavy (non-hydrogen) atoms. The van der Waals surface area contributed by atoms with Crippen molar-refractivity contribution in [2.75, 3.05) is 57.1 Å². The van der Waals surface area contributed by atoms with E-state index in [4.69, 9.17) is 10.5 Å². The number of ether oxygens (including phenoxy) is 1. The number of carbonyl (C=O) groups excluding carboxylic acids is 1. The fourth-order valence-electron chi connectivity index (χ4n) is 2.52. The largest absolute Gasteiger partial charge is 0.382 e. The lowest BCUT2D eigenvalue weighted by Crippen LogP contribution is -2.44. The summed E-state index contributed by atoms with van der Waals surface area (Å²) >= 11 is 1.38. The Labute approximate surface area is 128 Å². The third-order valence-corrected chi connectivity index (χ3v) is 5.02. The van der Waals surface area contributed by atoms with E-state index in [0.717, 1.165) is 37.7 Å². The van der Waals surface area contributed by atoms with Gasteiger partial charge in [-0.3, -0.25) is 4.79 Å². The van der Waals surface area contributed by atoms with E-state index in [1.54, 1.807) is 0 Å². The van der Waals surface area contributed by atoms with Gasteiger partial charge in [0.05, 0.1) is 12.6 Å². The van der Waals surface area contributed by atoms with Gasteiger partial charge in [0.2, 0.25) is 0 Å². The highest BCUT2D eigenvalue weighted by molar-refractivity contribution is 7.18. The number of thiazole rings is 1. The summed E-state index contributed by atoms with van der Waals surface area (Å²) in [6.45, 7) is 5.12. The molecule has 1 unspecified atom stereocenters. The van der Waals surface area contributed by atoms with E-state index in [2.05, 4.69) is 27.1 Å². The minimum absolute atomic E-state index is 0.0890. The number of nitrogens with one attached hydrogen (secondary N) is 1. The van der Waals surface area contributed by atoms with Gasteiger partial charge in [-0.2, -0.15) is 0 Å². The highest BCUT2D eigenvalue weighted by Gasteiger charge is 2.24. The van der Waals surface area contributed by atoms with Gasteiger partial charge in [0.25, 0.3) is 5.91 Å². The number of piperazine rings is 1. The lowest BCUT2D eigenvalue weighted by molar-refractivity contribution is 0.0934. The molecular formula is C13H21N5O2S. The molecule has 2 aliphatic rings. The van der Waals surface area contributed by atoms with Crippen molar-refractivity contribution in [1.29, 1.82) is 0 Å². The first-order valence-corrected chi connectivity index (χ1v) is 8.03. The van der Waals surface area contributed by atoms with Crippen molar-refractivity contribution < 1.29 is 9.53 Å². The number of nitrogen functional groups attached to an aromatic ring is 1. The van der Waals surface area contributed by atoms with Gasteiger partial charge in [-0.15, -0.1) is 0 Å². The van der Waals surface area contributed by atoms with Crippen LogP contribution in [0.1, 0.15) is 16.1 Å². The quantitative estimate of drug-likeness (QED) is 0.817. The van der Waals surface area contributed by atoms with Crippen LogP contribution in [0.5, 0.6) is 0 Å². The Kier molecular flexibility index (Phi) is 4.27. The van der Waals surface area contributed by atoms with Crippen LogP contribution in [0.3, 0.4) is 0 Å². The number of hydrogen-bond donors (Lipinski definition) is 2. The lowest BCUT2D eigenvalue weighted by Gasteiger charge is -2.31. The molecule has 0 aromatic carbocycles. The number of amides is 1. The molecule has 0 spiro atoms. The maximum Gasteiger partial charge on any atom is 0.265 e. The first-order valence-electron chi connectivity index (χ1n) is 7.22. The zero-order valence-electron chi connectivity index (χ0n) is 12.2. The van der Waals surface area contributed by atoms with Crippen LogP contribution < -0.4 is 16.0 Å². The molecule has 7 nitrogen and oxygen atoms in total. The van der Waals surface area contributed by atoms with Crippen molar-refractivity contribution in [2.45, 2.75) is 12.5 Å². The van der Waals surface area contributed by atoms with Crippen molar-refractivity contribution in [3.05, 3.63) is 4.88 Å². The normalized spacial score (nSPS) is 23.5. The minimum Gasteiger partial charge on any atom is -0.382 e. The summed E-state index contributed by atoms with van der Waals surface area (Å²) in [6.07, 6.45) is 0.857. The molecule has 0 bridgehead atoms. The second-order valence-electron chi connectivity index (χ2n) is 5.54. The summed E-state index contributed by atoms with van der Waals surface area (Å²) in [7, 11) is 2.11. The Bertz CT molecular complexity index is 507. The van der Waals surface area contributed by atoms with Crippen LogP contribution in [0.2, 0.25) is 0 Å². The summed E-state index contributed by atoms with van der Waals surface area (Å²) in [4.78, 5) is 21.6. The van der Waals surface area contributed by atoms with Crippen LogP contribution >= 0.6 is 11.3 Å². The number of rotatable bonds is 3. The Balaban J connectivity index is 1.67. The molecule has 1 atom stereocenters. The van der Waals surface area contributed by atoms with Crippen molar-refractivity contribution in [3.63, 3.8) is 0 Å². The molecule has 2 aliphatic heterocycles. The van der Waals surface area contributed by atoms with Gasteiger partial charge in [0.15, 0.2) is 5.13 Å². The first kappa shape index (κ1) is 14.6. The molecule has 1 aromatic heterocycles. The molecule has 3 rings (SSSR count). The smallest absolute Gasteiger partial charge is 0.265 e. The Morgan fingerprint density at radius 2 is 2.19 bits per heavy atom. The van der Waals surface area contributed by atoms with Crippen molar-refractivity contribution in [3.8, 4) is 0 Å². The zero-order valence-corrected chi connectivity index (χ0v) is 13.0. The van der Waals surface area contributed by atoms with Crippen LogP contribution in [0, 0.1) is 0 Å². The Morgan fingerprint density at radius 3 is 2.86 bits per heavy atom. The Morgan fingerprint density at radius 1 is 1.43 bits per heavy atom. The second-order valence-corrected chi connectivity index (χ2v) is 6.51. The highest BCUT2D eigenvalue weighted by Crippen LogP contribution is 2.28. The van der Waals surface area contributed by atoms with E-state index in [0.29, 0.717) is 23.9 Å². The fraction of sp³-hybridized carbons (Fsp3) is 0.692. The SMILES string of the molecule is CN1CCN(c2nc(N)c(C(=O)NC3CCOC3)s2)CC1. The second kappa shape index (κ2) is 6.17. The molecular weight excluding hydrogens is 290 g/mol. The minimum atomic E-state index is -0.138. The molecule has 3 N–H and O–H groups in total. The van der Waals surface area contributed by atoms with E-state index in [1.807, 2.05) is 0 Å². The summed E-state index contributed by atoms with van der Waals surface area (Å²) < 4.78 is 5.26. The molecule has 2 fully saturated rings. The van der Waals surface area contributed by atoms with E-state index in [-0.39, 0.29) is 11.9 Å². The van der Waals surface area contributed by atoms with Gasteiger partial charge in [-0.25, -0.2) is 4.98 Å². The lowest BCUT2D eigenvalue weighted by atomic mass is 10.2. The predicted molar refractivity (Wildman–Crippen MR) is 82.9 cm³/mol. The number of aromatic nitrogens is 1. The van der Waals surface area contributed by atoms with Crippen molar-refractivity contribution in [1.82, 2.24) is 15.2 Å². The molecule has 3 heterocycles. The molecule has 116 valence electrons. The van der Waals surface area contributed by atoms with Gasteiger partial charge < -0.3 is 25.6 Å². The summed E-state index contributed by atoms with van der Waals surface area (Å²) in [5.41, 5.74) is 5.92. The van der Waals surface area contributed by atoms with Crippen LogP contribution in [0.4, 0.5) is 10.9 Å². The van der Waals surface area contributed by atoms with Crippen LogP contribution in [-0.4, -0.2) is 68.3 Å².